The second-order valence-corrected chi connectivity index (χ2v) is 6.41. The van der Waals surface area contributed by atoms with E-state index in [4.69, 9.17) is 5.73 Å². The Morgan fingerprint density at radius 2 is 1.95 bits per heavy atom. The van der Waals surface area contributed by atoms with Gasteiger partial charge in [0.2, 0.25) is 0 Å². The number of piperidine rings is 1. The fraction of sp³-hybridized carbons (Fsp3) is 0.647. The fourth-order valence-electron chi connectivity index (χ4n) is 4.04. The molecular weight excluding hydrogens is 232 g/mol. The van der Waals surface area contributed by atoms with E-state index in [0.29, 0.717) is 5.92 Å². The molecule has 2 aliphatic heterocycles. The zero-order valence-electron chi connectivity index (χ0n) is 12.2. The molecule has 1 aromatic carbocycles. The SMILES string of the molecule is CCc1cccc(C(N)C2CC3CCC(C2)N3C)c1. The van der Waals surface area contributed by atoms with E-state index in [1.165, 1.54) is 36.8 Å². The zero-order chi connectivity index (χ0) is 13.4. The highest BCUT2D eigenvalue weighted by Gasteiger charge is 2.40. The van der Waals surface area contributed by atoms with Crippen molar-refractivity contribution in [3.05, 3.63) is 35.4 Å². The van der Waals surface area contributed by atoms with Crippen LogP contribution in [0.25, 0.3) is 0 Å². The van der Waals surface area contributed by atoms with Gasteiger partial charge in [-0.1, -0.05) is 31.2 Å². The number of hydrogen-bond donors (Lipinski definition) is 1. The lowest BCUT2D eigenvalue weighted by atomic mass is 9.82. The van der Waals surface area contributed by atoms with Crippen LogP contribution in [0.3, 0.4) is 0 Å². The first kappa shape index (κ1) is 13.1. The normalized spacial score (nSPS) is 32.5. The molecule has 2 bridgehead atoms. The topological polar surface area (TPSA) is 29.3 Å². The Balaban J connectivity index is 1.75. The zero-order valence-corrected chi connectivity index (χ0v) is 12.2. The molecule has 3 unspecified atom stereocenters. The number of rotatable bonds is 3. The summed E-state index contributed by atoms with van der Waals surface area (Å²) in [7, 11) is 2.29. The van der Waals surface area contributed by atoms with E-state index >= 15 is 0 Å². The van der Waals surface area contributed by atoms with Gasteiger partial charge in [0, 0.05) is 18.1 Å². The predicted molar refractivity (Wildman–Crippen MR) is 80.0 cm³/mol. The van der Waals surface area contributed by atoms with Crippen LogP contribution in [0.4, 0.5) is 0 Å². The largest absolute Gasteiger partial charge is 0.324 e. The minimum absolute atomic E-state index is 0.225. The van der Waals surface area contributed by atoms with Crippen molar-refractivity contribution in [3.8, 4) is 0 Å². The molecule has 2 heteroatoms. The van der Waals surface area contributed by atoms with Gasteiger partial charge in [-0.2, -0.15) is 0 Å². The average Bonchev–Trinajstić information content (AvgIpc) is 2.68. The van der Waals surface area contributed by atoms with Gasteiger partial charge in [0.15, 0.2) is 0 Å². The summed E-state index contributed by atoms with van der Waals surface area (Å²) in [5.74, 6) is 0.667. The minimum Gasteiger partial charge on any atom is -0.324 e. The van der Waals surface area contributed by atoms with Gasteiger partial charge in [-0.15, -0.1) is 0 Å². The highest BCUT2D eigenvalue weighted by atomic mass is 15.2. The van der Waals surface area contributed by atoms with Gasteiger partial charge in [0.05, 0.1) is 0 Å². The molecule has 2 fully saturated rings. The lowest BCUT2D eigenvalue weighted by Crippen LogP contribution is -2.42. The summed E-state index contributed by atoms with van der Waals surface area (Å²) in [4.78, 5) is 2.59. The Hall–Kier alpha value is -0.860. The molecule has 3 atom stereocenters. The second kappa shape index (κ2) is 5.26. The fourth-order valence-corrected chi connectivity index (χ4v) is 4.04. The molecule has 0 aromatic heterocycles. The van der Waals surface area contributed by atoms with Gasteiger partial charge in [-0.3, -0.25) is 0 Å². The molecule has 2 saturated heterocycles. The van der Waals surface area contributed by atoms with Gasteiger partial charge in [0.25, 0.3) is 0 Å². The van der Waals surface area contributed by atoms with E-state index in [1.807, 2.05) is 0 Å². The van der Waals surface area contributed by atoms with Gasteiger partial charge >= 0.3 is 0 Å². The molecule has 104 valence electrons. The van der Waals surface area contributed by atoms with Gasteiger partial charge < -0.3 is 10.6 Å². The van der Waals surface area contributed by atoms with Crippen molar-refractivity contribution in [2.45, 2.75) is 57.2 Å². The third-order valence-corrected chi connectivity index (χ3v) is 5.39. The molecule has 2 nitrogen and oxygen atoms in total. The summed E-state index contributed by atoms with van der Waals surface area (Å²) in [6, 6.07) is 10.7. The summed E-state index contributed by atoms with van der Waals surface area (Å²) in [5.41, 5.74) is 9.32. The molecule has 0 amide bonds. The van der Waals surface area contributed by atoms with Gasteiger partial charge in [0.1, 0.15) is 0 Å². The molecule has 0 radical (unpaired) electrons. The van der Waals surface area contributed by atoms with Crippen molar-refractivity contribution in [1.29, 1.82) is 0 Å². The monoisotopic (exact) mass is 258 g/mol. The van der Waals surface area contributed by atoms with Crippen molar-refractivity contribution in [3.63, 3.8) is 0 Å². The Labute approximate surface area is 117 Å². The molecule has 2 heterocycles. The van der Waals surface area contributed by atoms with Crippen molar-refractivity contribution < 1.29 is 0 Å². The minimum atomic E-state index is 0.225. The van der Waals surface area contributed by atoms with E-state index in [1.54, 1.807) is 0 Å². The predicted octanol–water partition coefficient (Wildman–Crippen LogP) is 3.12. The molecule has 1 aromatic rings. The highest BCUT2D eigenvalue weighted by molar-refractivity contribution is 5.26. The van der Waals surface area contributed by atoms with Crippen molar-refractivity contribution in [1.82, 2.24) is 4.90 Å². The van der Waals surface area contributed by atoms with Crippen LogP contribution in [-0.4, -0.2) is 24.0 Å². The average molecular weight is 258 g/mol. The lowest BCUT2D eigenvalue weighted by Gasteiger charge is -2.39. The molecule has 0 spiro atoms. The molecule has 2 N–H and O–H groups in total. The maximum Gasteiger partial charge on any atom is 0.0324 e. The Bertz CT molecular complexity index is 429. The number of fused-ring (bicyclic) bond motifs is 2. The first-order valence-electron chi connectivity index (χ1n) is 7.75. The second-order valence-electron chi connectivity index (χ2n) is 6.41. The van der Waals surface area contributed by atoms with E-state index < -0.39 is 0 Å². The molecular formula is C17H26N2. The standard InChI is InChI=1S/C17H26N2/c1-3-12-5-4-6-13(9-12)17(18)14-10-15-7-8-16(11-14)19(15)2/h4-6,9,14-17H,3,7-8,10-11,18H2,1-2H3. The van der Waals surface area contributed by atoms with Gasteiger partial charge in [-0.25, -0.2) is 0 Å². The summed E-state index contributed by atoms with van der Waals surface area (Å²) in [5, 5.41) is 0. The smallest absolute Gasteiger partial charge is 0.0324 e. The van der Waals surface area contributed by atoms with Crippen LogP contribution in [-0.2, 0) is 6.42 Å². The molecule has 2 aliphatic rings. The van der Waals surface area contributed by atoms with Crippen LogP contribution >= 0.6 is 0 Å². The van der Waals surface area contributed by atoms with Crippen molar-refractivity contribution in [2.75, 3.05) is 7.05 Å². The maximum absolute atomic E-state index is 6.57. The number of aryl methyl sites for hydroxylation is 1. The Kier molecular flexibility index (Phi) is 3.64. The highest BCUT2D eigenvalue weighted by Crippen LogP contribution is 2.41. The summed E-state index contributed by atoms with van der Waals surface area (Å²) >= 11 is 0. The maximum atomic E-state index is 6.57. The van der Waals surface area contributed by atoms with E-state index in [0.717, 1.165) is 18.5 Å². The number of hydrogen-bond acceptors (Lipinski definition) is 2. The molecule has 0 saturated carbocycles. The van der Waals surface area contributed by atoms with E-state index in [2.05, 4.69) is 43.1 Å². The number of nitrogens with zero attached hydrogens (tertiary/aromatic N) is 1. The summed E-state index contributed by atoms with van der Waals surface area (Å²) in [6.45, 7) is 2.21. The van der Waals surface area contributed by atoms with Crippen LogP contribution in [0.1, 0.15) is 49.8 Å². The third-order valence-electron chi connectivity index (χ3n) is 5.39. The van der Waals surface area contributed by atoms with Crippen LogP contribution in [0, 0.1) is 5.92 Å². The van der Waals surface area contributed by atoms with Crippen LogP contribution < -0.4 is 5.73 Å². The van der Waals surface area contributed by atoms with E-state index in [9.17, 15) is 0 Å². The number of benzene rings is 1. The van der Waals surface area contributed by atoms with E-state index in [-0.39, 0.29) is 6.04 Å². The Morgan fingerprint density at radius 3 is 2.58 bits per heavy atom. The van der Waals surface area contributed by atoms with Gasteiger partial charge in [-0.05, 0) is 56.2 Å². The quantitative estimate of drug-likeness (QED) is 0.902. The summed E-state index contributed by atoms with van der Waals surface area (Å²) < 4.78 is 0. The van der Waals surface area contributed by atoms with Crippen molar-refractivity contribution >= 4 is 0 Å². The Morgan fingerprint density at radius 1 is 1.26 bits per heavy atom. The van der Waals surface area contributed by atoms with Crippen LogP contribution in [0.2, 0.25) is 0 Å². The lowest BCUT2D eigenvalue weighted by molar-refractivity contribution is 0.121. The van der Waals surface area contributed by atoms with Crippen molar-refractivity contribution in [2.24, 2.45) is 11.7 Å². The molecule has 3 rings (SSSR count). The number of nitrogens with two attached hydrogens (primary N) is 1. The first-order valence-corrected chi connectivity index (χ1v) is 7.75. The first-order chi connectivity index (χ1) is 9.19. The third kappa shape index (κ3) is 2.44. The van der Waals surface area contributed by atoms with Crippen LogP contribution in [0.15, 0.2) is 24.3 Å². The van der Waals surface area contributed by atoms with Crippen LogP contribution in [0.5, 0.6) is 0 Å². The summed E-state index contributed by atoms with van der Waals surface area (Å²) in [6.07, 6.45) is 6.41. The molecule has 19 heavy (non-hydrogen) atoms. The molecule has 0 aliphatic carbocycles.